The van der Waals surface area contributed by atoms with E-state index in [1.807, 2.05) is 0 Å². The van der Waals surface area contributed by atoms with E-state index in [2.05, 4.69) is 0 Å². The van der Waals surface area contributed by atoms with Crippen molar-refractivity contribution in [3.05, 3.63) is 0 Å². The van der Waals surface area contributed by atoms with Crippen LogP contribution in [0.4, 0.5) is 0 Å². The van der Waals surface area contributed by atoms with Gasteiger partial charge in [-0.25, -0.2) is 0 Å². The summed E-state index contributed by atoms with van der Waals surface area (Å²) in [4.78, 5) is 11.8. The second-order valence-corrected chi connectivity index (χ2v) is 6.25. The van der Waals surface area contributed by atoms with E-state index >= 15 is 0 Å². The summed E-state index contributed by atoms with van der Waals surface area (Å²) in [6.07, 6.45) is 10.6. The van der Waals surface area contributed by atoms with Crippen molar-refractivity contribution in [3.8, 4) is 0 Å². The molecule has 102 valence electrons. The highest BCUT2D eigenvalue weighted by molar-refractivity contribution is 5.81. The molecule has 3 fully saturated rings. The van der Waals surface area contributed by atoms with Crippen molar-refractivity contribution in [2.75, 3.05) is 13.2 Å². The van der Waals surface area contributed by atoms with Crippen molar-refractivity contribution in [2.45, 2.75) is 69.5 Å². The fourth-order valence-electron chi connectivity index (χ4n) is 3.84. The van der Waals surface area contributed by atoms with Gasteiger partial charge in [-0.1, -0.05) is 19.3 Å². The fraction of sp³-hybridized carbons (Fsp3) is 0.933. The SMILES string of the molecule is O=C1CCOCC1CC1CCC2(CCCCC2)O1. The molecule has 0 bridgehead atoms. The summed E-state index contributed by atoms with van der Waals surface area (Å²) in [5.74, 6) is 0.483. The molecule has 2 saturated heterocycles. The van der Waals surface area contributed by atoms with Crippen LogP contribution < -0.4 is 0 Å². The lowest BCUT2D eigenvalue weighted by molar-refractivity contribution is -0.134. The third-order valence-electron chi connectivity index (χ3n) is 4.92. The zero-order chi connectivity index (χ0) is 12.4. The first-order valence-electron chi connectivity index (χ1n) is 7.56. The molecular weight excluding hydrogens is 228 g/mol. The second kappa shape index (κ2) is 5.30. The summed E-state index contributed by atoms with van der Waals surface area (Å²) in [6, 6.07) is 0. The number of ether oxygens (including phenoxy) is 2. The second-order valence-electron chi connectivity index (χ2n) is 6.25. The van der Waals surface area contributed by atoms with Crippen LogP contribution in [0.15, 0.2) is 0 Å². The Morgan fingerprint density at radius 2 is 2.00 bits per heavy atom. The molecule has 3 heteroatoms. The Morgan fingerprint density at radius 3 is 2.78 bits per heavy atom. The number of carbonyl (C=O) groups excluding carboxylic acids is 1. The lowest BCUT2D eigenvalue weighted by Crippen LogP contribution is -2.34. The van der Waals surface area contributed by atoms with Crippen molar-refractivity contribution in [1.82, 2.24) is 0 Å². The Morgan fingerprint density at radius 1 is 1.17 bits per heavy atom. The minimum Gasteiger partial charge on any atom is -0.380 e. The summed E-state index contributed by atoms with van der Waals surface area (Å²) >= 11 is 0. The highest BCUT2D eigenvalue weighted by atomic mass is 16.5. The highest BCUT2D eigenvalue weighted by Gasteiger charge is 2.42. The zero-order valence-corrected chi connectivity index (χ0v) is 11.2. The molecule has 2 unspecified atom stereocenters. The average molecular weight is 252 g/mol. The van der Waals surface area contributed by atoms with Gasteiger partial charge in [-0.15, -0.1) is 0 Å². The molecule has 2 atom stereocenters. The van der Waals surface area contributed by atoms with Crippen LogP contribution >= 0.6 is 0 Å². The normalized spacial score (nSPS) is 36.1. The maximum Gasteiger partial charge on any atom is 0.140 e. The molecule has 0 aromatic heterocycles. The molecule has 3 aliphatic rings. The highest BCUT2D eigenvalue weighted by Crippen LogP contribution is 2.43. The van der Waals surface area contributed by atoms with Gasteiger partial charge in [0.1, 0.15) is 5.78 Å². The Balaban J connectivity index is 1.53. The molecule has 0 aromatic carbocycles. The van der Waals surface area contributed by atoms with Crippen LogP contribution in [0.25, 0.3) is 0 Å². The molecule has 1 spiro atoms. The number of hydrogen-bond donors (Lipinski definition) is 0. The number of hydrogen-bond acceptors (Lipinski definition) is 3. The van der Waals surface area contributed by atoms with Gasteiger partial charge in [0.25, 0.3) is 0 Å². The van der Waals surface area contributed by atoms with E-state index in [4.69, 9.17) is 9.47 Å². The molecule has 0 N–H and O–H groups in total. The molecule has 2 heterocycles. The molecule has 0 amide bonds. The molecule has 0 radical (unpaired) electrons. The van der Waals surface area contributed by atoms with Crippen molar-refractivity contribution in [3.63, 3.8) is 0 Å². The maximum atomic E-state index is 11.8. The van der Waals surface area contributed by atoms with Crippen LogP contribution in [-0.2, 0) is 14.3 Å². The zero-order valence-electron chi connectivity index (χ0n) is 11.2. The minimum absolute atomic E-state index is 0.0995. The number of rotatable bonds is 2. The van der Waals surface area contributed by atoms with E-state index in [1.54, 1.807) is 0 Å². The van der Waals surface area contributed by atoms with Gasteiger partial charge in [-0.3, -0.25) is 4.79 Å². The molecule has 3 nitrogen and oxygen atoms in total. The quantitative estimate of drug-likeness (QED) is 0.758. The van der Waals surface area contributed by atoms with Gasteiger partial charge in [0, 0.05) is 12.3 Å². The van der Waals surface area contributed by atoms with Crippen LogP contribution in [0, 0.1) is 5.92 Å². The smallest absolute Gasteiger partial charge is 0.140 e. The number of Topliss-reactive ketones (excluding diaryl/α,β-unsaturated/α-hetero) is 1. The van der Waals surface area contributed by atoms with Gasteiger partial charge >= 0.3 is 0 Å². The first-order chi connectivity index (χ1) is 8.77. The van der Waals surface area contributed by atoms with Crippen LogP contribution in [0.5, 0.6) is 0 Å². The van der Waals surface area contributed by atoms with E-state index < -0.39 is 0 Å². The van der Waals surface area contributed by atoms with E-state index in [0.29, 0.717) is 31.5 Å². The van der Waals surface area contributed by atoms with Crippen LogP contribution in [-0.4, -0.2) is 30.7 Å². The molecule has 0 aromatic rings. The van der Waals surface area contributed by atoms with Gasteiger partial charge in [-0.05, 0) is 32.1 Å². The van der Waals surface area contributed by atoms with Crippen molar-refractivity contribution in [1.29, 1.82) is 0 Å². The Hall–Kier alpha value is -0.410. The van der Waals surface area contributed by atoms with Gasteiger partial charge in [0.2, 0.25) is 0 Å². The summed E-state index contributed by atoms with van der Waals surface area (Å²) in [6.45, 7) is 1.23. The van der Waals surface area contributed by atoms with Crippen LogP contribution in [0.1, 0.15) is 57.8 Å². The van der Waals surface area contributed by atoms with E-state index in [9.17, 15) is 4.79 Å². The Labute approximate surface area is 109 Å². The molecule has 18 heavy (non-hydrogen) atoms. The van der Waals surface area contributed by atoms with Crippen molar-refractivity contribution < 1.29 is 14.3 Å². The molecule has 2 aliphatic heterocycles. The summed E-state index contributed by atoms with van der Waals surface area (Å²) < 4.78 is 11.8. The Bertz CT molecular complexity index is 307. The summed E-state index contributed by atoms with van der Waals surface area (Å²) in [7, 11) is 0. The van der Waals surface area contributed by atoms with E-state index in [0.717, 1.165) is 12.8 Å². The minimum atomic E-state index is 0.0995. The van der Waals surface area contributed by atoms with Gasteiger partial charge < -0.3 is 9.47 Å². The first-order valence-corrected chi connectivity index (χ1v) is 7.56. The van der Waals surface area contributed by atoms with Crippen molar-refractivity contribution in [2.24, 2.45) is 5.92 Å². The Kier molecular flexibility index (Phi) is 3.71. The van der Waals surface area contributed by atoms with Gasteiger partial charge in [-0.2, -0.15) is 0 Å². The predicted octanol–water partition coefficient (Wildman–Crippen LogP) is 2.86. The topological polar surface area (TPSA) is 35.5 Å². The molecule has 3 rings (SSSR count). The summed E-state index contributed by atoms with van der Waals surface area (Å²) in [5.41, 5.74) is 0.182. The molecule has 1 aliphatic carbocycles. The fourth-order valence-corrected chi connectivity index (χ4v) is 3.84. The van der Waals surface area contributed by atoms with Gasteiger partial charge in [0.15, 0.2) is 0 Å². The monoisotopic (exact) mass is 252 g/mol. The van der Waals surface area contributed by atoms with Crippen LogP contribution in [0.2, 0.25) is 0 Å². The third-order valence-corrected chi connectivity index (χ3v) is 4.92. The van der Waals surface area contributed by atoms with Crippen LogP contribution in [0.3, 0.4) is 0 Å². The summed E-state index contributed by atoms with van der Waals surface area (Å²) in [5, 5.41) is 0. The number of carbonyl (C=O) groups is 1. The third kappa shape index (κ3) is 2.62. The lowest BCUT2D eigenvalue weighted by atomic mass is 9.83. The number of ketones is 1. The van der Waals surface area contributed by atoms with Crippen molar-refractivity contribution >= 4 is 5.78 Å². The van der Waals surface area contributed by atoms with E-state index in [1.165, 1.54) is 38.5 Å². The van der Waals surface area contributed by atoms with Gasteiger partial charge in [0.05, 0.1) is 24.9 Å². The predicted molar refractivity (Wildman–Crippen MR) is 68.5 cm³/mol. The maximum absolute atomic E-state index is 11.8. The average Bonchev–Trinajstić information content (AvgIpc) is 2.76. The standard InChI is InChI=1S/C15H24O3/c16-14-5-9-17-11-12(14)10-13-4-8-15(18-13)6-2-1-3-7-15/h12-13H,1-11H2. The molecular formula is C15H24O3. The largest absolute Gasteiger partial charge is 0.380 e. The lowest BCUT2D eigenvalue weighted by Gasteiger charge is -2.34. The van der Waals surface area contributed by atoms with E-state index in [-0.39, 0.29) is 11.5 Å². The first kappa shape index (κ1) is 12.6. The molecule has 1 saturated carbocycles.